The van der Waals surface area contributed by atoms with Crippen molar-refractivity contribution < 1.29 is 14.3 Å². The van der Waals surface area contributed by atoms with Gasteiger partial charge in [0.05, 0.1) is 13.3 Å². The number of hydrogen-bond acceptors (Lipinski definition) is 5. The predicted octanol–water partition coefficient (Wildman–Crippen LogP) is 2.45. The fourth-order valence-electron chi connectivity index (χ4n) is 2.17. The summed E-state index contributed by atoms with van der Waals surface area (Å²) >= 11 is 4.93. The van der Waals surface area contributed by atoms with Gasteiger partial charge in [0.1, 0.15) is 0 Å². The molecule has 0 aromatic heterocycles. The second kappa shape index (κ2) is 10.1. The molecule has 1 amide bonds. The lowest BCUT2D eigenvalue weighted by atomic mass is 10.2. The maximum atomic E-state index is 12.1. The van der Waals surface area contributed by atoms with Gasteiger partial charge in [0.15, 0.2) is 23.2 Å². The van der Waals surface area contributed by atoms with E-state index < -0.39 is 0 Å². The van der Waals surface area contributed by atoms with Crippen LogP contribution in [0, 0.1) is 6.92 Å². The topological polar surface area (TPSA) is 84.0 Å². The minimum absolute atomic E-state index is 0.129. The zero-order valence-corrected chi connectivity index (χ0v) is 16.2. The Labute approximate surface area is 163 Å². The van der Waals surface area contributed by atoms with Crippen LogP contribution in [0.15, 0.2) is 47.6 Å². The molecule has 2 aromatic rings. The predicted molar refractivity (Wildman–Crippen MR) is 111 cm³/mol. The molecule has 8 heteroatoms. The number of aryl methyl sites for hydroxylation is 1. The van der Waals surface area contributed by atoms with Gasteiger partial charge in [-0.15, -0.1) is 0 Å². The first-order chi connectivity index (χ1) is 13.0. The summed E-state index contributed by atoms with van der Waals surface area (Å²) in [7, 11) is 3.24. The molecule has 0 radical (unpaired) electrons. The van der Waals surface area contributed by atoms with Crippen molar-refractivity contribution in [1.29, 1.82) is 0 Å². The van der Waals surface area contributed by atoms with Crippen molar-refractivity contribution in [2.45, 2.75) is 6.92 Å². The maximum Gasteiger partial charge on any atom is 0.262 e. The van der Waals surface area contributed by atoms with E-state index in [0.29, 0.717) is 16.6 Å². The van der Waals surface area contributed by atoms with Crippen molar-refractivity contribution in [3.8, 4) is 11.5 Å². The molecule has 0 saturated heterocycles. The van der Waals surface area contributed by atoms with Crippen LogP contribution in [0.2, 0.25) is 0 Å². The number of hydrogen-bond donors (Lipinski definition) is 3. The minimum atomic E-state index is -0.252. The van der Waals surface area contributed by atoms with Crippen LogP contribution in [0.3, 0.4) is 0 Å². The Morgan fingerprint density at radius 2 is 2.04 bits per heavy atom. The van der Waals surface area contributed by atoms with E-state index in [1.54, 1.807) is 31.5 Å². The Balaban J connectivity index is 1.95. The molecule has 0 aliphatic carbocycles. The van der Waals surface area contributed by atoms with Gasteiger partial charge in [-0.2, -0.15) is 5.10 Å². The van der Waals surface area contributed by atoms with Crippen molar-refractivity contribution in [2.75, 3.05) is 26.1 Å². The van der Waals surface area contributed by atoms with E-state index >= 15 is 0 Å². The van der Waals surface area contributed by atoms with Crippen molar-refractivity contribution in [1.82, 2.24) is 10.7 Å². The van der Waals surface area contributed by atoms with Gasteiger partial charge in [0.2, 0.25) is 0 Å². The van der Waals surface area contributed by atoms with E-state index in [1.165, 1.54) is 7.11 Å². The zero-order chi connectivity index (χ0) is 19.6. The number of carbonyl (C=O) groups is 1. The fourth-order valence-corrected chi connectivity index (χ4v) is 2.22. The van der Waals surface area contributed by atoms with Gasteiger partial charge < -0.3 is 20.1 Å². The van der Waals surface area contributed by atoms with E-state index in [0.717, 1.165) is 16.8 Å². The first-order valence-corrected chi connectivity index (χ1v) is 8.61. The van der Waals surface area contributed by atoms with Gasteiger partial charge in [0.25, 0.3) is 5.91 Å². The second-order valence-corrected chi connectivity index (χ2v) is 5.97. The summed E-state index contributed by atoms with van der Waals surface area (Å²) in [6, 6.07) is 12.8. The number of amides is 1. The van der Waals surface area contributed by atoms with Crippen LogP contribution in [0.5, 0.6) is 11.5 Å². The van der Waals surface area contributed by atoms with Gasteiger partial charge in [-0.3, -0.25) is 10.2 Å². The van der Waals surface area contributed by atoms with Gasteiger partial charge in [-0.05, 0) is 60.6 Å². The summed E-state index contributed by atoms with van der Waals surface area (Å²) < 4.78 is 10.9. The standard InChI is InChI=1S/C19H22N4O3S/c1-13-5-4-6-15(9-13)22-18(24)12-26-16-8-7-14(10-17(16)25-3)11-21-23-19(27)20-2/h4-11H,12H2,1-3H3,(H,22,24)(H2,20,23,27)/b21-11+. The SMILES string of the molecule is CNC(=S)N/N=C/c1ccc(OCC(=O)Nc2cccc(C)c2)c(OC)c1. The number of ether oxygens (including phenoxy) is 2. The summed E-state index contributed by atoms with van der Waals surface area (Å²) in [6.07, 6.45) is 1.60. The number of benzene rings is 2. The van der Waals surface area contributed by atoms with E-state index in [9.17, 15) is 4.79 Å². The number of nitrogens with one attached hydrogen (secondary N) is 3. The molecule has 0 aliphatic rings. The molecular weight excluding hydrogens is 364 g/mol. The molecule has 0 fully saturated rings. The molecule has 2 aromatic carbocycles. The Morgan fingerprint density at radius 1 is 1.22 bits per heavy atom. The summed E-state index contributed by atoms with van der Waals surface area (Å²) in [5, 5.41) is 9.97. The normalized spacial score (nSPS) is 10.3. The van der Waals surface area contributed by atoms with Crippen molar-refractivity contribution in [3.05, 3.63) is 53.6 Å². The van der Waals surface area contributed by atoms with Crippen LogP contribution in [-0.4, -0.2) is 38.0 Å². The van der Waals surface area contributed by atoms with Gasteiger partial charge >= 0.3 is 0 Å². The van der Waals surface area contributed by atoms with Crippen LogP contribution in [-0.2, 0) is 4.79 Å². The minimum Gasteiger partial charge on any atom is -0.493 e. The largest absolute Gasteiger partial charge is 0.493 e. The third kappa shape index (κ3) is 6.59. The number of carbonyl (C=O) groups excluding carboxylic acids is 1. The highest BCUT2D eigenvalue weighted by molar-refractivity contribution is 7.80. The lowest BCUT2D eigenvalue weighted by molar-refractivity contribution is -0.118. The molecule has 0 saturated carbocycles. The van der Waals surface area contributed by atoms with Crippen LogP contribution >= 0.6 is 12.2 Å². The van der Waals surface area contributed by atoms with Crippen LogP contribution in [0.4, 0.5) is 5.69 Å². The molecular formula is C19H22N4O3S. The molecule has 0 spiro atoms. The number of thiocarbonyl (C=S) groups is 1. The highest BCUT2D eigenvalue weighted by Gasteiger charge is 2.09. The highest BCUT2D eigenvalue weighted by Crippen LogP contribution is 2.27. The average molecular weight is 386 g/mol. The Morgan fingerprint density at radius 3 is 2.74 bits per heavy atom. The summed E-state index contributed by atoms with van der Waals surface area (Å²) in [5.41, 5.74) is 5.25. The van der Waals surface area contributed by atoms with Gasteiger partial charge in [-0.25, -0.2) is 0 Å². The maximum absolute atomic E-state index is 12.1. The van der Waals surface area contributed by atoms with E-state index in [-0.39, 0.29) is 12.5 Å². The van der Waals surface area contributed by atoms with Gasteiger partial charge in [0, 0.05) is 12.7 Å². The Hall–Kier alpha value is -3.13. The number of methoxy groups -OCH3 is 1. The highest BCUT2D eigenvalue weighted by atomic mass is 32.1. The summed E-state index contributed by atoms with van der Waals surface area (Å²) in [5.74, 6) is 0.712. The Bertz CT molecular complexity index is 839. The molecule has 3 N–H and O–H groups in total. The average Bonchev–Trinajstić information content (AvgIpc) is 2.66. The first-order valence-electron chi connectivity index (χ1n) is 8.20. The number of rotatable bonds is 7. The van der Waals surface area contributed by atoms with Crippen LogP contribution in [0.25, 0.3) is 0 Å². The van der Waals surface area contributed by atoms with Crippen molar-refractivity contribution >= 4 is 35.1 Å². The number of hydrazone groups is 1. The molecule has 0 unspecified atom stereocenters. The summed E-state index contributed by atoms with van der Waals surface area (Å²) in [6.45, 7) is 1.83. The molecule has 7 nitrogen and oxygen atoms in total. The fraction of sp³-hybridized carbons (Fsp3) is 0.211. The molecule has 0 bridgehead atoms. The van der Waals surface area contributed by atoms with Crippen LogP contribution < -0.4 is 25.5 Å². The van der Waals surface area contributed by atoms with Gasteiger partial charge in [-0.1, -0.05) is 12.1 Å². The quantitative estimate of drug-likeness (QED) is 0.385. The van der Waals surface area contributed by atoms with E-state index in [4.69, 9.17) is 21.7 Å². The van der Waals surface area contributed by atoms with Crippen LogP contribution in [0.1, 0.15) is 11.1 Å². The monoisotopic (exact) mass is 386 g/mol. The molecule has 2 rings (SSSR count). The third-order valence-electron chi connectivity index (χ3n) is 3.46. The van der Waals surface area contributed by atoms with E-state index in [2.05, 4.69) is 21.2 Å². The number of anilines is 1. The van der Waals surface area contributed by atoms with Crippen molar-refractivity contribution in [3.63, 3.8) is 0 Å². The first kappa shape index (κ1) is 20.2. The molecule has 142 valence electrons. The number of nitrogens with zero attached hydrogens (tertiary/aromatic N) is 1. The summed E-state index contributed by atoms with van der Waals surface area (Å²) in [4.78, 5) is 12.1. The lowest BCUT2D eigenvalue weighted by Crippen LogP contribution is -2.28. The molecule has 0 heterocycles. The smallest absolute Gasteiger partial charge is 0.262 e. The lowest BCUT2D eigenvalue weighted by Gasteiger charge is -2.11. The Kier molecular flexibility index (Phi) is 7.57. The molecule has 0 atom stereocenters. The second-order valence-electron chi connectivity index (χ2n) is 5.57. The van der Waals surface area contributed by atoms with E-state index in [1.807, 2.05) is 31.2 Å². The third-order valence-corrected chi connectivity index (χ3v) is 3.75. The zero-order valence-electron chi connectivity index (χ0n) is 15.4. The molecule has 27 heavy (non-hydrogen) atoms. The molecule has 0 aliphatic heterocycles. The van der Waals surface area contributed by atoms with Crippen molar-refractivity contribution in [2.24, 2.45) is 5.10 Å².